The molecule has 23 heavy (non-hydrogen) atoms. The summed E-state index contributed by atoms with van der Waals surface area (Å²) in [5.74, 6) is 0.951. The molecule has 2 N–H and O–H groups in total. The Morgan fingerprint density at radius 1 is 1.30 bits per heavy atom. The van der Waals surface area contributed by atoms with Crippen LogP contribution < -0.4 is 15.4 Å². The maximum atomic E-state index is 11.9. The van der Waals surface area contributed by atoms with Crippen molar-refractivity contribution in [2.45, 2.75) is 13.1 Å². The normalized spacial score (nSPS) is 10.7. The number of methoxy groups -OCH3 is 1. The van der Waals surface area contributed by atoms with Crippen LogP contribution in [0.25, 0.3) is 0 Å². The first-order valence-corrected chi connectivity index (χ1v) is 7.00. The van der Waals surface area contributed by atoms with Gasteiger partial charge in [-0.2, -0.15) is 5.26 Å². The zero-order valence-electron chi connectivity index (χ0n) is 12.7. The van der Waals surface area contributed by atoms with Gasteiger partial charge in [0.05, 0.1) is 19.9 Å². The molecule has 1 amide bonds. The van der Waals surface area contributed by atoms with E-state index in [1.54, 1.807) is 19.2 Å². The standard InChI is InChI=1S/C17H17N3O3/c1-22-15-6-4-13(5-7-15)10-19-11-14(9-18)17(21)20-12-16-3-2-8-23-16/h2-8,11,19H,10,12H2,1H3,(H,20,21)/b14-11-. The number of nitrogens with one attached hydrogen (secondary N) is 2. The summed E-state index contributed by atoms with van der Waals surface area (Å²) in [6, 6.07) is 12.9. The Labute approximate surface area is 134 Å². The van der Waals surface area contributed by atoms with E-state index in [4.69, 9.17) is 14.4 Å². The van der Waals surface area contributed by atoms with Gasteiger partial charge in [-0.05, 0) is 29.8 Å². The number of nitriles is 1. The third-order valence-electron chi connectivity index (χ3n) is 3.08. The van der Waals surface area contributed by atoms with Crippen molar-refractivity contribution in [3.63, 3.8) is 0 Å². The number of carbonyl (C=O) groups is 1. The predicted molar refractivity (Wildman–Crippen MR) is 84.1 cm³/mol. The lowest BCUT2D eigenvalue weighted by molar-refractivity contribution is -0.117. The summed E-state index contributed by atoms with van der Waals surface area (Å²) < 4.78 is 10.2. The molecule has 1 heterocycles. The first-order chi connectivity index (χ1) is 11.2. The molecule has 2 rings (SSSR count). The number of benzene rings is 1. The lowest BCUT2D eigenvalue weighted by Gasteiger charge is -2.05. The van der Waals surface area contributed by atoms with E-state index in [9.17, 15) is 4.79 Å². The van der Waals surface area contributed by atoms with Gasteiger partial charge < -0.3 is 19.8 Å². The van der Waals surface area contributed by atoms with Gasteiger partial charge in [0, 0.05) is 12.7 Å². The van der Waals surface area contributed by atoms with Gasteiger partial charge in [-0.15, -0.1) is 0 Å². The Morgan fingerprint density at radius 2 is 2.09 bits per heavy atom. The van der Waals surface area contributed by atoms with E-state index in [1.807, 2.05) is 30.3 Å². The van der Waals surface area contributed by atoms with Crippen molar-refractivity contribution in [1.82, 2.24) is 10.6 Å². The van der Waals surface area contributed by atoms with Gasteiger partial charge >= 0.3 is 0 Å². The van der Waals surface area contributed by atoms with Crippen molar-refractivity contribution in [3.8, 4) is 11.8 Å². The zero-order chi connectivity index (χ0) is 16.5. The Kier molecular flexibility index (Phi) is 5.83. The molecular weight excluding hydrogens is 294 g/mol. The summed E-state index contributed by atoms with van der Waals surface area (Å²) in [5.41, 5.74) is 1.01. The van der Waals surface area contributed by atoms with Crippen molar-refractivity contribution in [1.29, 1.82) is 5.26 Å². The highest BCUT2D eigenvalue weighted by molar-refractivity contribution is 5.97. The molecule has 0 radical (unpaired) electrons. The van der Waals surface area contributed by atoms with E-state index in [1.165, 1.54) is 12.5 Å². The van der Waals surface area contributed by atoms with Crippen LogP contribution in [0.2, 0.25) is 0 Å². The largest absolute Gasteiger partial charge is 0.497 e. The summed E-state index contributed by atoms with van der Waals surface area (Å²) in [5, 5.41) is 14.6. The minimum Gasteiger partial charge on any atom is -0.497 e. The Hall–Kier alpha value is -3.20. The molecule has 0 unspecified atom stereocenters. The molecule has 6 heteroatoms. The topological polar surface area (TPSA) is 87.3 Å². The van der Waals surface area contributed by atoms with E-state index in [2.05, 4.69) is 10.6 Å². The summed E-state index contributed by atoms with van der Waals surface area (Å²) in [4.78, 5) is 11.9. The van der Waals surface area contributed by atoms with Crippen molar-refractivity contribution < 1.29 is 13.9 Å². The third-order valence-corrected chi connectivity index (χ3v) is 3.08. The van der Waals surface area contributed by atoms with Crippen LogP contribution in [0.1, 0.15) is 11.3 Å². The number of hydrogen-bond donors (Lipinski definition) is 2. The molecule has 0 saturated carbocycles. The van der Waals surface area contributed by atoms with Crippen LogP contribution >= 0.6 is 0 Å². The molecule has 0 saturated heterocycles. The second-order valence-electron chi connectivity index (χ2n) is 4.66. The monoisotopic (exact) mass is 311 g/mol. The molecule has 0 aliphatic rings. The fourth-order valence-corrected chi connectivity index (χ4v) is 1.84. The molecule has 0 atom stereocenters. The van der Waals surface area contributed by atoms with E-state index < -0.39 is 5.91 Å². The number of nitrogens with zero attached hydrogens (tertiary/aromatic N) is 1. The molecule has 0 aliphatic heterocycles. The van der Waals surface area contributed by atoms with Crippen molar-refractivity contribution in [2.75, 3.05) is 7.11 Å². The Morgan fingerprint density at radius 3 is 2.70 bits per heavy atom. The summed E-state index contributed by atoms with van der Waals surface area (Å²) in [6.07, 6.45) is 2.93. The molecule has 1 aromatic carbocycles. The lowest BCUT2D eigenvalue weighted by atomic mass is 10.2. The number of hydrogen-bond acceptors (Lipinski definition) is 5. The fourth-order valence-electron chi connectivity index (χ4n) is 1.84. The van der Waals surface area contributed by atoms with Crippen molar-refractivity contribution in [3.05, 3.63) is 65.8 Å². The molecule has 2 aromatic rings. The van der Waals surface area contributed by atoms with Gasteiger partial charge in [0.15, 0.2) is 0 Å². The van der Waals surface area contributed by atoms with Gasteiger partial charge in [-0.1, -0.05) is 12.1 Å². The van der Waals surface area contributed by atoms with E-state index >= 15 is 0 Å². The highest BCUT2D eigenvalue weighted by Crippen LogP contribution is 2.11. The van der Waals surface area contributed by atoms with Crippen LogP contribution in [-0.2, 0) is 17.9 Å². The van der Waals surface area contributed by atoms with Crippen LogP contribution in [0.3, 0.4) is 0 Å². The summed E-state index contributed by atoms with van der Waals surface area (Å²) in [7, 11) is 1.61. The van der Waals surface area contributed by atoms with Crippen LogP contribution in [-0.4, -0.2) is 13.0 Å². The fraction of sp³-hybridized carbons (Fsp3) is 0.176. The van der Waals surface area contributed by atoms with Crippen LogP contribution in [0.5, 0.6) is 5.75 Å². The number of furan rings is 1. The van der Waals surface area contributed by atoms with Crippen molar-refractivity contribution in [2.24, 2.45) is 0 Å². The maximum Gasteiger partial charge on any atom is 0.263 e. The first-order valence-electron chi connectivity index (χ1n) is 7.00. The predicted octanol–water partition coefficient (Wildman–Crippen LogP) is 2.10. The summed E-state index contributed by atoms with van der Waals surface area (Å²) in [6.45, 7) is 0.740. The molecule has 0 bridgehead atoms. The quantitative estimate of drug-likeness (QED) is 0.604. The van der Waals surface area contributed by atoms with Crippen LogP contribution in [0, 0.1) is 11.3 Å². The van der Waals surface area contributed by atoms with E-state index in [0.29, 0.717) is 12.3 Å². The molecule has 0 aliphatic carbocycles. The molecule has 118 valence electrons. The minimum atomic E-state index is -0.453. The van der Waals surface area contributed by atoms with Gasteiger partial charge in [-0.25, -0.2) is 0 Å². The summed E-state index contributed by atoms with van der Waals surface area (Å²) >= 11 is 0. The second-order valence-corrected chi connectivity index (χ2v) is 4.66. The molecule has 6 nitrogen and oxygen atoms in total. The average Bonchev–Trinajstić information content (AvgIpc) is 3.10. The Bertz CT molecular complexity index is 698. The third kappa shape index (κ3) is 4.93. The molecular formula is C17H17N3O3. The van der Waals surface area contributed by atoms with Crippen LogP contribution in [0.4, 0.5) is 0 Å². The van der Waals surface area contributed by atoms with Gasteiger partial charge in [0.1, 0.15) is 23.2 Å². The van der Waals surface area contributed by atoms with Crippen LogP contribution in [0.15, 0.2) is 58.9 Å². The van der Waals surface area contributed by atoms with Gasteiger partial charge in [-0.3, -0.25) is 4.79 Å². The molecule has 1 aromatic heterocycles. The van der Waals surface area contributed by atoms with Gasteiger partial charge in [0.2, 0.25) is 0 Å². The van der Waals surface area contributed by atoms with Crippen molar-refractivity contribution >= 4 is 5.91 Å². The number of ether oxygens (including phenoxy) is 1. The first kappa shape index (κ1) is 16.2. The maximum absolute atomic E-state index is 11.9. The number of rotatable bonds is 7. The number of carbonyl (C=O) groups excluding carboxylic acids is 1. The lowest BCUT2D eigenvalue weighted by Crippen LogP contribution is -2.25. The second kappa shape index (κ2) is 8.29. The Balaban J connectivity index is 1.85. The molecule has 0 spiro atoms. The van der Waals surface area contributed by atoms with E-state index in [-0.39, 0.29) is 12.1 Å². The highest BCUT2D eigenvalue weighted by atomic mass is 16.5. The highest BCUT2D eigenvalue weighted by Gasteiger charge is 2.08. The van der Waals surface area contributed by atoms with Gasteiger partial charge in [0.25, 0.3) is 5.91 Å². The average molecular weight is 311 g/mol. The number of amides is 1. The zero-order valence-corrected chi connectivity index (χ0v) is 12.7. The minimum absolute atomic E-state index is 0.00469. The smallest absolute Gasteiger partial charge is 0.263 e. The molecule has 0 fully saturated rings. The SMILES string of the molecule is COc1ccc(CN/C=C(/C#N)C(=O)NCc2ccco2)cc1. The van der Waals surface area contributed by atoms with E-state index in [0.717, 1.165) is 11.3 Å².